The lowest BCUT2D eigenvalue weighted by molar-refractivity contribution is 0.273. The van der Waals surface area contributed by atoms with E-state index in [9.17, 15) is 9.90 Å². The van der Waals surface area contributed by atoms with Gasteiger partial charge in [-0.2, -0.15) is 0 Å². The number of pyridine rings is 1. The minimum Gasteiger partial charge on any atom is -0.494 e. The smallest absolute Gasteiger partial charge is 0.265 e. The number of rotatable bonds is 5. The van der Waals surface area contributed by atoms with Crippen LogP contribution in [-0.2, 0) is 0 Å². The number of fused-ring (bicyclic) bond motifs is 1. The van der Waals surface area contributed by atoms with Gasteiger partial charge in [0.05, 0.1) is 17.8 Å². The second-order valence-electron chi connectivity index (χ2n) is 8.06. The molecule has 0 amide bonds. The van der Waals surface area contributed by atoms with Crippen LogP contribution in [0.2, 0.25) is 0 Å². The van der Waals surface area contributed by atoms with Gasteiger partial charge >= 0.3 is 0 Å². The highest BCUT2D eigenvalue weighted by atomic mass is 16.3. The van der Waals surface area contributed by atoms with E-state index in [-0.39, 0.29) is 11.4 Å². The van der Waals surface area contributed by atoms with Gasteiger partial charge in [-0.05, 0) is 63.0 Å². The van der Waals surface area contributed by atoms with Crippen molar-refractivity contribution in [2.45, 2.75) is 39.7 Å². The maximum atomic E-state index is 13.3. The molecule has 1 saturated heterocycles. The number of benzene rings is 2. The molecule has 5 heteroatoms. The molecule has 2 aromatic carbocycles. The molecule has 30 heavy (non-hydrogen) atoms. The molecule has 1 fully saturated rings. The molecule has 4 rings (SSSR count). The van der Waals surface area contributed by atoms with Gasteiger partial charge in [0.1, 0.15) is 0 Å². The van der Waals surface area contributed by atoms with Gasteiger partial charge in [-0.25, -0.2) is 4.57 Å². The fourth-order valence-corrected chi connectivity index (χ4v) is 4.47. The SMILES string of the molecule is CCN1CCCC1CN=Cc1c(O)n(-c2cccc(C)c2C)c(=O)c2ccccc12. The molecule has 0 bridgehead atoms. The Hall–Kier alpha value is -2.92. The number of likely N-dealkylation sites (N-methyl/N-ethyl adjacent to an activating group) is 1. The van der Waals surface area contributed by atoms with Crippen LogP contribution in [0.5, 0.6) is 5.88 Å². The molecule has 1 unspecified atom stereocenters. The Morgan fingerprint density at radius 2 is 1.90 bits per heavy atom. The first kappa shape index (κ1) is 20.4. The minimum atomic E-state index is -0.220. The van der Waals surface area contributed by atoms with Crippen molar-refractivity contribution in [3.8, 4) is 11.6 Å². The van der Waals surface area contributed by atoms with Crippen LogP contribution in [0.4, 0.5) is 0 Å². The van der Waals surface area contributed by atoms with E-state index in [1.165, 1.54) is 11.0 Å². The molecule has 1 aromatic heterocycles. The summed E-state index contributed by atoms with van der Waals surface area (Å²) in [5, 5.41) is 12.5. The Labute approximate surface area is 177 Å². The highest BCUT2D eigenvalue weighted by Crippen LogP contribution is 2.28. The topological polar surface area (TPSA) is 57.8 Å². The minimum absolute atomic E-state index is 0.0603. The number of nitrogens with zero attached hydrogens (tertiary/aromatic N) is 3. The number of aromatic hydroxyl groups is 1. The van der Waals surface area contributed by atoms with E-state index in [4.69, 9.17) is 4.99 Å². The molecule has 156 valence electrons. The van der Waals surface area contributed by atoms with Crippen molar-refractivity contribution < 1.29 is 5.11 Å². The number of aromatic nitrogens is 1. The van der Waals surface area contributed by atoms with Gasteiger partial charge in [-0.3, -0.25) is 14.7 Å². The van der Waals surface area contributed by atoms with Gasteiger partial charge in [-0.1, -0.05) is 37.3 Å². The zero-order valence-electron chi connectivity index (χ0n) is 17.9. The van der Waals surface area contributed by atoms with E-state index < -0.39 is 0 Å². The second kappa shape index (κ2) is 8.44. The van der Waals surface area contributed by atoms with Gasteiger partial charge in [0.25, 0.3) is 5.56 Å². The van der Waals surface area contributed by atoms with Crippen LogP contribution in [0.25, 0.3) is 16.5 Å². The molecule has 1 atom stereocenters. The molecular formula is C25H29N3O2. The lowest BCUT2D eigenvalue weighted by Crippen LogP contribution is -2.31. The molecule has 0 aliphatic carbocycles. The van der Waals surface area contributed by atoms with Crippen LogP contribution in [0.1, 0.15) is 36.5 Å². The van der Waals surface area contributed by atoms with Crippen LogP contribution in [-0.4, -0.2) is 46.5 Å². The van der Waals surface area contributed by atoms with Crippen LogP contribution in [0.15, 0.2) is 52.3 Å². The van der Waals surface area contributed by atoms with E-state index in [0.29, 0.717) is 29.2 Å². The van der Waals surface area contributed by atoms with E-state index in [0.717, 1.165) is 36.0 Å². The van der Waals surface area contributed by atoms with E-state index >= 15 is 0 Å². The summed E-state index contributed by atoms with van der Waals surface area (Å²) < 4.78 is 1.42. The molecular weight excluding hydrogens is 374 g/mol. The van der Waals surface area contributed by atoms with Crippen LogP contribution < -0.4 is 5.56 Å². The Morgan fingerprint density at radius 3 is 2.67 bits per heavy atom. The summed E-state index contributed by atoms with van der Waals surface area (Å²) in [6.07, 6.45) is 4.10. The monoisotopic (exact) mass is 403 g/mol. The van der Waals surface area contributed by atoms with Crippen molar-refractivity contribution in [2.75, 3.05) is 19.6 Å². The molecule has 3 aromatic rings. The van der Waals surface area contributed by atoms with E-state index in [1.54, 1.807) is 6.21 Å². The van der Waals surface area contributed by atoms with Gasteiger partial charge in [0.15, 0.2) is 0 Å². The summed E-state index contributed by atoms with van der Waals surface area (Å²) >= 11 is 0. The summed E-state index contributed by atoms with van der Waals surface area (Å²) in [5.74, 6) is -0.0603. The predicted molar refractivity (Wildman–Crippen MR) is 123 cm³/mol. The zero-order chi connectivity index (χ0) is 21.3. The fourth-order valence-electron chi connectivity index (χ4n) is 4.47. The maximum absolute atomic E-state index is 13.3. The Bertz CT molecular complexity index is 1160. The number of aliphatic imine (C=N–C) groups is 1. The number of likely N-dealkylation sites (tertiary alicyclic amines) is 1. The molecule has 1 N–H and O–H groups in total. The first-order chi connectivity index (χ1) is 14.5. The first-order valence-corrected chi connectivity index (χ1v) is 10.7. The normalized spacial score (nSPS) is 17.4. The van der Waals surface area contributed by atoms with Gasteiger partial charge < -0.3 is 5.11 Å². The Morgan fingerprint density at radius 1 is 1.13 bits per heavy atom. The van der Waals surface area contributed by atoms with Crippen LogP contribution >= 0.6 is 0 Å². The summed E-state index contributed by atoms with van der Waals surface area (Å²) in [7, 11) is 0. The van der Waals surface area contributed by atoms with E-state index in [1.807, 2.05) is 56.3 Å². The molecule has 2 heterocycles. The molecule has 5 nitrogen and oxygen atoms in total. The van der Waals surface area contributed by atoms with Crippen molar-refractivity contribution in [1.82, 2.24) is 9.47 Å². The Kier molecular flexibility index (Phi) is 5.73. The van der Waals surface area contributed by atoms with Crippen molar-refractivity contribution in [1.29, 1.82) is 0 Å². The van der Waals surface area contributed by atoms with Crippen LogP contribution in [0.3, 0.4) is 0 Å². The predicted octanol–water partition coefficient (Wildman–Crippen LogP) is 4.22. The summed E-state index contributed by atoms with van der Waals surface area (Å²) in [6, 6.07) is 13.7. The summed E-state index contributed by atoms with van der Waals surface area (Å²) in [4.78, 5) is 20.4. The molecule has 1 aliphatic rings. The highest BCUT2D eigenvalue weighted by molar-refractivity contribution is 6.01. The van der Waals surface area contributed by atoms with Gasteiger partial charge in [0, 0.05) is 23.0 Å². The number of hydrogen-bond acceptors (Lipinski definition) is 4. The molecule has 0 radical (unpaired) electrons. The van der Waals surface area contributed by atoms with Gasteiger partial charge in [-0.15, -0.1) is 0 Å². The van der Waals surface area contributed by atoms with Crippen molar-refractivity contribution in [2.24, 2.45) is 4.99 Å². The third-order valence-electron chi connectivity index (χ3n) is 6.36. The van der Waals surface area contributed by atoms with Gasteiger partial charge in [0.2, 0.25) is 5.88 Å². The number of hydrogen-bond donors (Lipinski definition) is 1. The molecule has 0 spiro atoms. The molecule has 1 aliphatic heterocycles. The van der Waals surface area contributed by atoms with E-state index in [2.05, 4.69) is 11.8 Å². The Balaban J connectivity index is 1.84. The quantitative estimate of drug-likeness (QED) is 0.649. The fraction of sp³-hybridized carbons (Fsp3) is 0.360. The lowest BCUT2D eigenvalue weighted by atomic mass is 10.0. The number of aryl methyl sites for hydroxylation is 1. The maximum Gasteiger partial charge on any atom is 0.265 e. The largest absolute Gasteiger partial charge is 0.494 e. The third-order valence-corrected chi connectivity index (χ3v) is 6.36. The zero-order valence-corrected chi connectivity index (χ0v) is 17.9. The lowest BCUT2D eigenvalue weighted by Gasteiger charge is -2.20. The highest BCUT2D eigenvalue weighted by Gasteiger charge is 2.22. The summed E-state index contributed by atoms with van der Waals surface area (Å²) in [6.45, 7) is 9.02. The average molecular weight is 404 g/mol. The first-order valence-electron chi connectivity index (χ1n) is 10.7. The average Bonchev–Trinajstić information content (AvgIpc) is 3.21. The van der Waals surface area contributed by atoms with Crippen molar-refractivity contribution in [3.63, 3.8) is 0 Å². The standard InChI is InChI=1S/C25H29N3O2/c1-4-27-14-8-10-19(27)15-26-16-22-20-11-5-6-12-21(20)24(29)28(25(22)30)23-13-7-9-17(2)18(23)3/h5-7,9,11-13,16,19,30H,4,8,10,14-15H2,1-3H3. The third kappa shape index (κ3) is 3.54. The second-order valence-corrected chi connectivity index (χ2v) is 8.06. The van der Waals surface area contributed by atoms with Crippen molar-refractivity contribution in [3.05, 3.63) is 69.5 Å². The van der Waals surface area contributed by atoms with Crippen molar-refractivity contribution >= 4 is 17.0 Å². The molecule has 0 saturated carbocycles. The summed E-state index contributed by atoms with van der Waals surface area (Å²) in [5.41, 5.74) is 3.11. The van der Waals surface area contributed by atoms with Crippen LogP contribution in [0, 0.1) is 13.8 Å².